The van der Waals surface area contributed by atoms with Gasteiger partial charge in [0.2, 0.25) is 17.8 Å². The number of nitrogens with zero attached hydrogens (tertiary/aromatic N) is 7. The largest absolute Gasteiger partial charge is 0.368 e. The molecule has 14 nitrogen and oxygen atoms in total. The summed E-state index contributed by atoms with van der Waals surface area (Å²) < 4.78 is 0. The third-order valence-corrected chi connectivity index (χ3v) is 14.9. The maximum absolute atomic E-state index is 13.7. The standard InChI is InChI=1S/C47H62N10O4/c1-30(58)44-45(60)42(33-5-3-4-6-33)43-39(54(44)2)29-50-47(53-43)51-40-13-11-37(28-49-40)56-25-23-55(24-26-56)21-18-36-27-34(31-15-19-48-20-16-31)17-22-57(36)35-9-7-32(8-10-35)38-12-14-41(59)52-46(38)61/h7-11,13,28-29,31,33-34,36,38,42,44,48H,3-6,12,14-27H2,1-2H3,(H,52,59,61)(H,49,50,51,53)/t34?,36-,38?,42?,44?/m0/s1. The Bertz CT molecular complexity index is 2060. The molecule has 14 heteroatoms. The van der Waals surface area contributed by atoms with E-state index < -0.39 is 12.0 Å². The Kier molecular flexibility index (Phi) is 12.3. The third-order valence-electron chi connectivity index (χ3n) is 14.9. The second-order valence-corrected chi connectivity index (χ2v) is 18.5. The summed E-state index contributed by atoms with van der Waals surface area (Å²) in [5, 5.41) is 9.36. The van der Waals surface area contributed by atoms with E-state index in [4.69, 9.17) is 9.97 Å². The predicted molar refractivity (Wildman–Crippen MR) is 236 cm³/mol. The van der Waals surface area contributed by atoms with Crippen molar-refractivity contribution in [3.05, 3.63) is 60.0 Å². The lowest BCUT2D eigenvalue weighted by atomic mass is 9.76. The molecule has 3 N–H and O–H groups in total. The van der Waals surface area contributed by atoms with Gasteiger partial charge < -0.3 is 25.3 Å². The highest BCUT2D eigenvalue weighted by atomic mass is 16.2. The van der Waals surface area contributed by atoms with E-state index >= 15 is 0 Å². The average molecular weight is 831 g/mol. The lowest BCUT2D eigenvalue weighted by molar-refractivity contribution is -0.134. The Morgan fingerprint density at radius 2 is 1.57 bits per heavy atom. The monoisotopic (exact) mass is 830 g/mol. The quantitative estimate of drug-likeness (QED) is 0.172. The lowest BCUT2D eigenvalue weighted by Gasteiger charge is -2.45. The number of hydrogen-bond donors (Lipinski definition) is 3. The van der Waals surface area contributed by atoms with E-state index in [9.17, 15) is 19.2 Å². The van der Waals surface area contributed by atoms with Gasteiger partial charge in [0.15, 0.2) is 11.6 Å². The zero-order chi connectivity index (χ0) is 42.0. The topological polar surface area (TPSA) is 156 Å². The minimum absolute atomic E-state index is 0.0468. The first-order chi connectivity index (χ1) is 29.7. The van der Waals surface area contributed by atoms with Crippen molar-refractivity contribution < 1.29 is 19.2 Å². The number of amides is 2. The highest BCUT2D eigenvalue weighted by molar-refractivity contribution is 6.12. The number of carbonyl (C=O) groups excluding carboxylic acids is 4. The lowest BCUT2D eigenvalue weighted by Crippen LogP contribution is -2.51. The fraction of sp³-hybridized carbons (Fsp3) is 0.596. The first-order valence-electron chi connectivity index (χ1n) is 23.0. The molecule has 2 aromatic heterocycles. The van der Waals surface area contributed by atoms with Crippen molar-refractivity contribution in [3.8, 4) is 0 Å². The first kappa shape index (κ1) is 41.4. The average Bonchev–Trinajstić information content (AvgIpc) is 3.81. The molecular weight excluding hydrogens is 769 g/mol. The summed E-state index contributed by atoms with van der Waals surface area (Å²) in [7, 11) is 1.79. The smallest absolute Gasteiger partial charge is 0.234 e. The molecule has 0 bridgehead atoms. The predicted octanol–water partition coefficient (Wildman–Crippen LogP) is 5.18. The number of fused-ring (bicyclic) bond motifs is 1. The molecule has 7 heterocycles. The van der Waals surface area contributed by atoms with Gasteiger partial charge in [-0.1, -0.05) is 25.0 Å². The van der Waals surface area contributed by atoms with Crippen molar-refractivity contribution in [2.75, 3.05) is 79.4 Å². The van der Waals surface area contributed by atoms with Gasteiger partial charge in [0.25, 0.3) is 0 Å². The Morgan fingerprint density at radius 3 is 2.28 bits per heavy atom. The van der Waals surface area contributed by atoms with E-state index in [0.29, 0.717) is 36.3 Å². The fourth-order valence-electron chi connectivity index (χ4n) is 11.5. The Balaban J connectivity index is 0.812. The summed E-state index contributed by atoms with van der Waals surface area (Å²) in [6.07, 6.45) is 14.9. The van der Waals surface area contributed by atoms with Gasteiger partial charge in [-0.25, -0.2) is 15.0 Å². The van der Waals surface area contributed by atoms with Crippen LogP contribution in [-0.4, -0.2) is 115 Å². The van der Waals surface area contributed by atoms with Crippen LogP contribution < -0.4 is 30.7 Å². The van der Waals surface area contributed by atoms with Crippen LogP contribution in [0.25, 0.3) is 0 Å². The van der Waals surface area contributed by atoms with Crippen molar-refractivity contribution in [3.63, 3.8) is 0 Å². The number of nitrogens with one attached hydrogen (secondary N) is 3. The van der Waals surface area contributed by atoms with Gasteiger partial charge in [-0.15, -0.1) is 0 Å². The van der Waals surface area contributed by atoms with Crippen LogP contribution in [0.3, 0.4) is 0 Å². The SMILES string of the molecule is CC(=O)C1C(=O)C(C2CCCC2)c2nc(Nc3ccc(N4CCN(CC[C@H]5CC(C6CCNCC6)CCN5c5ccc(C6CCC(=O)NC6=O)cc5)CC4)cn3)ncc2N1C. The number of ketones is 2. The molecule has 5 fully saturated rings. The molecule has 0 radical (unpaired) electrons. The molecule has 6 aliphatic rings. The zero-order valence-electron chi connectivity index (χ0n) is 35.9. The van der Waals surface area contributed by atoms with Gasteiger partial charge in [0.1, 0.15) is 11.9 Å². The summed E-state index contributed by atoms with van der Waals surface area (Å²) in [5.74, 6) is 1.59. The molecule has 1 aliphatic carbocycles. The van der Waals surface area contributed by atoms with Gasteiger partial charge in [-0.2, -0.15) is 0 Å². The third kappa shape index (κ3) is 8.88. The molecule has 9 rings (SSSR count). The number of likely N-dealkylation sites (N-methyl/N-ethyl adjacent to an activating group) is 1. The maximum atomic E-state index is 13.7. The van der Waals surface area contributed by atoms with Crippen LogP contribution in [0.5, 0.6) is 0 Å². The molecule has 0 spiro atoms. The molecule has 3 aromatic rings. The number of aromatic nitrogens is 3. The number of piperidine rings is 3. The number of imide groups is 1. The molecule has 61 heavy (non-hydrogen) atoms. The van der Waals surface area contributed by atoms with Crippen LogP contribution in [0, 0.1) is 17.8 Å². The van der Waals surface area contributed by atoms with Crippen molar-refractivity contribution in [2.24, 2.45) is 17.8 Å². The Labute approximate surface area is 359 Å². The second-order valence-electron chi connectivity index (χ2n) is 18.5. The molecule has 5 aliphatic heterocycles. The van der Waals surface area contributed by atoms with E-state index in [1.165, 1.54) is 38.3 Å². The summed E-state index contributed by atoms with van der Waals surface area (Å²) >= 11 is 0. The summed E-state index contributed by atoms with van der Waals surface area (Å²) in [6.45, 7) is 9.72. The highest BCUT2D eigenvalue weighted by Gasteiger charge is 2.46. The summed E-state index contributed by atoms with van der Waals surface area (Å²) in [6, 6.07) is 12.3. The number of benzene rings is 1. The Hall–Kier alpha value is -4.95. The van der Waals surface area contributed by atoms with Gasteiger partial charge >= 0.3 is 0 Å². The van der Waals surface area contributed by atoms with Crippen molar-refractivity contribution in [2.45, 2.75) is 101 Å². The number of anilines is 5. The number of Topliss-reactive ketones (excluding diaryl/α,β-unsaturated/α-hetero) is 2. The van der Waals surface area contributed by atoms with E-state index in [0.717, 1.165) is 113 Å². The molecule has 4 saturated heterocycles. The molecule has 1 saturated carbocycles. The zero-order valence-corrected chi connectivity index (χ0v) is 35.9. The summed E-state index contributed by atoms with van der Waals surface area (Å²) in [4.78, 5) is 74.2. The van der Waals surface area contributed by atoms with Crippen LogP contribution in [0.15, 0.2) is 48.8 Å². The highest BCUT2D eigenvalue weighted by Crippen LogP contribution is 2.45. The van der Waals surface area contributed by atoms with Crippen molar-refractivity contribution in [1.29, 1.82) is 0 Å². The van der Waals surface area contributed by atoms with E-state index in [1.54, 1.807) is 18.1 Å². The van der Waals surface area contributed by atoms with Crippen LogP contribution in [0.4, 0.5) is 28.8 Å². The molecule has 5 atom stereocenters. The number of carbonyl (C=O) groups is 4. The maximum Gasteiger partial charge on any atom is 0.234 e. The van der Waals surface area contributed by atoms with Crippen LogP contribution in [0.1, 0.15) is 101 Å². The van der Waals surface area contributed by atoms with Crippen molar-refractivity contribution >= 4 is 52.2 Å². The number of piperazine rings is 1. The van der Waals surface area contributed by atoms with E-state index in [2.05, 4.69) is 66.0 Å². The molecule has 324 valence electrons. The molecular formula is C47H62N10O4. The van der Waals surface area contributed by atoms with E-state index in [1.807, 2.05) is 12.3 Å². The molecule has 4 unspecified atom stereocenters. The van der Waals surface area contributed by atoms with Gasteiger partial charge in [0.05, 0.1) is 41.3 Å². The van der Waals surface area contributed by atoms with Crippen LogP contribution >= 0.6 is 0 Å². The van der Waals surface area contributed by atoms with Crippen LogP contribution in [-0.2, 0) is 19.2 Å². The van der Waals surface area contributed by atoms with Gasteiger partial charge in [0, 0.05) is 64.5 Å². The number of rotatable bonds is 11. The second kappa shape index (κ2) is 18.2. The summed E-state index contributed by atoms with van der Waals surface area (Å²) in [5.41, 5.74) is 4.77. The minimum atomic E-state index is -0.791. The van der Waals surface area contributed by atoms with Crippen LogP contribution in [0.2, 0.25) is 0 Å². The minimum Gasteiger partial charge on any atom is -0.368 e. The fourth-order valence-corrected chi connectivity index (χ4v) is 11.5. The molecule has 2 amide bonds. The van der Waals surface area contributed by atoms with Crippen molar-refractivity contribution in [1.82, 2.24) is 30.5 Å². The van der Waals surface area contributed by atoms with Gasteiger partial charge in [-0.3, -0.25) is 29.4 Å². The molecule has 1 aromatic carbocycles. The van der Waals surface area contributed by atoms with E-state index in [-0.39, 0.29) is 35.2 Å². The van der Waals surface area contributed by atoms with Gasteiger partial charge in [-0.05, 0) is 119 Å². The normalized spacial score (nSPS) is 27.0. The number of hydrogen-bond acceptors (Lipinski definition) is 13. The number of pyridine rings is 1. The first-order valence-corrected chi connectivity index (χ1v) is 23.0. The Morgan fingerprint density at radius 1 is 0.820 bits per heavy atom.